The topological polar surface area (TPSA) is 55.0 Å². The Balaban J connectivity index is 2.32. The summed E-state index contributed by atoms with van der Waals surface area (Å²) in [7, 11) is 2.11. The zero-order chi connectivity index (χ0) is 15.0. The van der Waals surface area contributed by atoms with Crippen molar-refractivity contribution in [2.75, 3.05) is 12.8 Å². The number of nitrogens with two attached hydrogens (primary N) is 1. The van der Waals surface area contributed by atoms with Crippen LogP contribution in [-0.2, 0) is 6.54 Å². The molecule has 0 bridgehead atoms. The Bertz CT molecular complexity index is 618. The molecule has 0 saturated carbocycles. The molecule has 0 aliphatic heterocycles. The number of rotatable bonds is 4. The average Bonchev–Trinajstić information content (AvgIpc) is 2.64. The van der Waals surface area contributed by atoms with Gasteiger partial charge in [-0.3, -0.25) is 4.90 Å². The lowest BCUT2D eigenvalue weighted by atomic mass is 10.1. The first-order chi connectivity index (χ1) is 9.31. The number of nitrogens with zero attached hydrogens (tertiary/aromatic N) is 3. The Kier molecular flexibility index (Phi) is 4.30. The summed E-state index contributed by atoms with van der Waals surface area (Å²) in [6.07, 6.45) is 0. The first-order valence-electron chi connectivity index (χ1n) is 7.03. The molecule has 0 aliphatic carbocycles. The molecule has 0 radical (unpaired) electrons. The zero-order valence-electron chi connectivity index (χ0n) is 13.2. The van der Waals surface area contributed by atoms with E-state index in [1.54, 1.807) is 11.3 Å². The highest BCUT2D eigenvalue weighted by atomic mass is 32.1. The number of aryl methyl sites for hydroxylation is 2. The quantitative estimate of drug-likeness (QED) is 0.938. The summed E-state index contributed by atoms with van der Waals surface area (Å²) in [6, 6.07) is 0.488. The second kappa shape index (κ2) is 5.66. The third kappa shape index (κ3) is 2.79. The van der Waals surface area contributed by atoms with E-state index >= 15 is 0 Å². The van der Waals surface area contributed by atoms with Crippen molar-refractivity contribution in [2.24, 2.45) is 5.92 Å². The van der Waals surface area contributed by atoms with Crippen LogP contribution in [0.15, 0.2) is 0 Å². The molecule has 2 aromatic rings. The number of hydrogen-bond acceptors (Lipinski definition) is 5. The maximum atomic E-state index is 6.12. The van der Waals surface area contributed by atoms with Gasteiger partial charge in [0.2, 0.25) is 0 Å². The van der Waals surface area contributed by atoms with Crippen molar-refractivity contribution in [3.05, 3.63) is 16.3 Å². The molecule has 0 fully saturated rings. The summed E-state index contributed by atoms with van der Waals surface area (Å²) in [5.74, 6) is 2.02. The number of aromatic nitrogens is 2. The highest BCUT2D eigenvalue weighted by molar-refractivity contribution is 7.18. The zero-order valence-corrected chi connectivity index (χ0v) is 14.0. The third-order valence-corrected chi connectivity index (χ3v) is 5.25. The Hall–Kier alpha value is -1.20. The van der Waals surface area contributed by atoms with E-state index in [0.29, 0.717) is 17.8 Å². The van der Waals surface area contributed by atoms with Crippen molar-refractivity contribution in [1.82, 2.24) is 14.9 Å². The molecule has 0 amide bonds. The summed E-state index contributed by atoms with van der Waals surface area (Å²) in [6.45, 7) is 11.6. The highest BCUT2D eigenvalue weighted by Gasteiger charge is 2.17. The van der Waals surface area contributed by atoms with E-state index in [9.17, 15) is 0 Å². The second-order valence-corrected chi connectivity index (χ2v) is 7.09. The van der Waals surface area contributed by atoms with Gasteiger partial charge >= 0.3 is 0 Å². The van der Waals surface area contributed by atoms with E-state index in [2.05, 4.69) is 56.5 Å². The van der Waals surface area contributed by atoms with Gasteiger partial charge < -0.3 is 5.73 Å². The molecule has 5 heteroatoms. The number of anilines is 1. The van der Waals surface area contributed by atoms with E-state index in [1.165, 1.54) is 10.4 Å². The third-order valence-electron chi connectivity index (χ3n) is 4.15. The van der Waals surface area contributed by atoms with Gasteiger partial charge in [-0.25, -0.2) is 9.97 Å². The van der Waals surface area contributed by atoms with Crippen molar-refractivity contribution in [2.45, 2.75) is 47.2 Å². The fourth-order valence-electron chi connectivity index (χ4n) is 2.27. The molecule has 0 aromatic carbocycles. The molecule has 110 valence electrons. The Morgan fingerprint density at radius 2 is 1.85 bits per heavy atom. The van der Waals surface area contributed by atoms with Crippen LogP contribution in [0.5, 0.6) is 0 Å². The van der Waals surface area contributed by atoms with Gasteiger partial charge in [0, 0.05) is 10.9 Å². The molecule has 2 N–H and O–H groups in total. The summed E-state index contributed by atoms with van der Waals surface area (Å²) in [5, 5.41) is 1.02. The minimum absolute atomic E-state index is 0.488. The molecule has 0 aliphatic rings. The average molecular weight is 292 g/mol. The van der Waals surface area contributed by atoms with Crippen molar-refractivity contribution >= 4 is 27.4 Å². The van der Waals surface area contributed by atoms with Gasteiger partial charge in [0.15, 0.2) is 0 Å². The van der Waals surface area contributed by atoms with Crippen LogP contribution in [0.25, 0.3) is 10.2 Å². The fraction of sp³-hybridized carbons (Fsp3) is 0.600. The fourth-order valence-corrected chi connectivity index (χ4v) is 3.33. The maximum absolute atomic E-state index is 6.12. The normalized spacial score (nSPS) is 13.6. The standard InChI is InChI=1S/C15H24N4S/c1-8(2)10(4)19(6)7-12-17-14(16)13-9(3)11(5)20-15(13)18-12/h8,10H,7H2,1-6H3,(H2,16,17,18). The van der Waals surface area contributed by atoms with Gasteiger partial charge in [-0.05, 0) is 39.3 Å². The smallest absolute Gasteiger partial charge is 0.146 e. The van der Waals surface area contributed by atoms with Gasteiger partial charge in [-0.15, -0.1) is 11.3 Å². The highest BCUT2D eigenvalue weighted by Crippen LogP contribution is 2.32. The van der Waals surface area contributed by atoms with E-state index < -0.39 is 0 Å². The van der Waals surface area contributed by atoms with Crippen LogP contribution in [0, 0.1) is 19.8 Å². The molecule has 4 nitrogen and oxygen atoms in total. The molecule has 20 heavy (non-hydrogen) atoms. The van der Waals surface area contributed by atoms with Crippen molar-refractivity contribution in [1.29, 1.82) is 0 Å². The number of hydrogen-bond donors (Lipinski definition) is 1. The van der Waals surface area contributed by atoms with Crippen LogP contribution < -0.4 is 5.73 Å². The SMILES string of the molecule is Cc1sc2nc(CN(C)C(C)C(C)C)nc(N)c2c1C. The minimum atomic E-state index is 0.488. The van der Waals surface area contributed by atoms with Crippen molar-refractivity contribution < 1.29 is 0 Å². The first-order valence-corrected chi connectivity index (χ1v) is 7.85. The predicted octanol–water partition coefficient (Wildman–Crippen LogP) is 3.37. The van der Waals surface area contributed by atoms with Crippen molar-refractivity contribution in [3.8, 4) is 0 Å². The van der Waals surface area contributed by atoms with Crippen LogP contribution >= 0.6 is 11.3 Å². The lowest BCUT2D eigenvalue weighted by molar-refractivity contribution is 0.196. The van der Waals surface area contributed by atoms with Gasteiger partial charge in [-0.1, -0.05) is 13.8 Å². The van der Waals surface area contributed by atoms with Crippen LogP contribution in [0.2, 0.25) is 0 Å². The minimum Gasteiger partial charge on any atom is -0.383 e. The van der Waals surface area contributed by atoms with Crippen LogP contribution in [0.1, 0.15) is 37.0 Å². The number of nitrogen functional groups attached to an aromatic ring is 1. The maximum Gasteiger partial charge on any atom is 0.146 e. The molecule has 1 atom stereocenters. The van der Waals surface area contributed by atoms with E-state index in [0.717, 1.165) is 22.6 Å². The summed E-state index contributed by atoms with van der Waals surface area (Å²) >= 11 is 1.70. The monoisotopic (exact) mass is 292 g/mol. The molecule has 0 spiro atoms. The molecule has 2 rings (SSSR count). The van der Waals surface area contributed by atoms with Gasteiger partial charge in [-0.2, -0.15) is 0 Å². The predicted molar refractivity (Wildman–Crippen MR) is 87.1 cm³/mol. The van der Waals surface area contributed by atoms with Gasteiger partial charge in [0.05, 0.1) is 11.9 Å². The van der Waals surface area contributed by atoms with E-state index in [1.807, 2.05) is 0 Å². The van der Waals surface area contributed by atoms with Crippen LogP contribution in [0.4, 0.5) is 5.82 Å². The van der Waals surface area contributed by atoms with E-state index in [4.69, 9.17) is 5.73 Å². The lowest BCUT2D eigenvalue weighted by Gasteiger charge is -2.27. The summed E-state index contributed by atoms with van der Waals surface area (Å²) in [5.41, 5.74) is 7.33. The first kappa shape index (κ1) is 15.2. The molecule has 0 saturated heterocycles. The van der Waals surface area contributed by atoms with Gasteiger partial charge in [0.1, 0.15) is 16.5 Å². The lowest BCUT2D eigenvalue weighted by Crippen LogP contribution is -2.33. The number of fused-ring (bicyclic) bond motifs is 1. The molecular formula is C15H24N4S. The van der Waals surface area contributed by atoms with Crippen LogP contribution in [0.3, 0.4) is 0 Å². The largest absolute Gasteiger partial charge is 0.383 e. The van der Waals surface area contributed by atoms with E-state index in [-0.39, 0.29) is 0 Å². The molecular weight excluding hydrogens is 268 g/mol. The molecule has 2 heterocycles. The van der Waals surface area contributed by atoms with Crippen molar-refractivity contribution in [3.63, 3.8) is 0 Å². The Labute approximate surface area is 125 Å². The summed E-state index contributed by atoms with van der Waals surface area (Å²) in [4.78, 5) is 13.7. The second-order valence-electron chi connectivity index (χ2n) is 5.89. The van der Waals surface area contributed by atoms with Crippen LogP contribution in [-0.4, -0.2) is 28.0 Å². The number of thiophene rings is 1. The van der Waals surface area contributed by atoms with Gasteiger partial charge in [0.25, 0.3) is 0 Å². The summed E-state index contributed by atoms with van der Waals surface area (Å²) < 4.78 is 0. The Morgan fingerprint density at radius 3 is 2.45 bits per heavy atom. The molecule has 2 aromatic heterocycles. The Morgan fingerprint density at radius 1 is 1.20 bits per heavy atom. The molecule has 1 unspecified atom stereocenters.